The third-order valence-electron chi connectivity index (χ3n) is 2.76. The Kier molecular flexibility index (Phi) is 2.68. The van der Waals surface area contributed by atoms with Gasteiger partial charge < -0.3 is 0 Å². The van der Waals surface area contributed by atoms with Crippen LogP contribution < -0.4 is 0 Å². The molecule has 3 rings (SSSR count). The summed E-state index contributed by atoms with van der Waals surface area (Å²) in [6.45, 7) is 2.01. The van der Waals surface area contributed by atoms with E-state index in [9.17, 15) is 0 Å². The average molecular weight is 260 g/mol. The number of pyridine rings is 1. The van der Waals surface area contributed by atoms with E-state index in [0.29, 0.717) is 10.8 Å². The van der Waals surface area contributed by atoms with Crippen LogP contribution in [-0.2, 0) is 0 Å². The van der Waals surface area contributed by atoms with E-state index in [4.69, 9.17) is 11.6 Å². The van der Waals surface area contributed by atoms with Crippen molar-refractivity contribution in [3.63, 3.8) is 0 Å². The van der Waals surface area contributed by atoms with E-state index in [1.165, 1.54) is 6.20 Å². The van der Waals surface area contributed by atoms with E-state index in [2.05, 4.69) is 20.1 Å². The highest BCUT2D eigenvalue weighted by atomic mass is 35.5. The van der Waals surface area contributed by atoms with Crippen molar-refractivity contribution in [2.45, 2.75) is 13.0 Å². The quantitative estimate of drug-likeness (QED) is 0.709. The van der Waals surface area contributed by atoms with Gasteiger partial charge in [0.1, 0.15) is 10.7 Å². The lowest BCUT2D eigenvalue weighted by atomic mass is 10.2. The lowest BCUT2D eigenvalue weighted by Crippen LogP contribution is -2.10. The monoisotopic (exact) mass is 259 g/mol. The van der Waals surface area contributed by atoms with Crippen LogP contribution >= 0.6 is 11.6 Å². The molecule has 0 bridgehead atoms. The minimum absolute atomic E-state index is 0.0172. The van der Waals surface area contributed by atoms with E-state index in [1.807, 2.05) is 25.1 Å². The molecule has 0 aliphatic rings. The largest absolute Gasteiger partial charge is 0.259 e. The third kappa shape index (κ3) is 1.82. The number of rotatable bonds is 2. The number of hydrogen-bond acceptors (Lipinski definition) is 4. The molecule has 0 aliphatic heterocycles. The molecule has 0 saturated heterocycles. The zero-order valence-corrected chi connectivity index (χ0v) is 10.4. The van der Waals surface area contributed by atoms with Crippen molar-refractivity contribution in [1.29, 1.82) is 0 Å². The zero-order chi connectivity index (χ0) is 12.5. The summed E-state index contributed by atoms with van der Waals surface area (Å²) < 4.78 is 1.77. The summed E-state index contributed by atoms with van der Waals surface area (Å²) in [7, 11) is 0. The van der Waals surface area contributed by atoms with Gasteiger partial charge in [-0.2, -0.15) is 5.10 Å². The summed E-state index contributed by atoms with van der Waals surface area (Å²) in [5.41, 5.74) is 2.31. The van der Waals surface area contributed by atoms with Crippen LogP contribution in [0.4, 0.5) is 0 Å². The van der Waals surface area contributed by atoms with Gasteiger partial charge in [0.15, 0.2) is 5.65 Å². The SMILES string of the molecule is CC(c1ccccn1)n1ncc2ncc(Cl)nc21. The second-order valence-electron chi connectivity index (χ2n) is 3.92. The van der Waals surface area contributed by atoms with Crippen LogP contribution in [0.5, 0.6) is 0 Å². The van der Waals surface area contributed by atoms with Crippen molar-refractivity contribution < 1.29 is 0 Å². The van der Waals surface area contributed by atoms with E-state index < -0.39 is 0 Å². The number of fused-ring (bicyclic) bond motifs is 1. The Hall–Kier alpha value is -2.01. The minimum Gasteiger partial charge on any atom is -0.259 e. The van der Waals surface area contributed by atoms with Gasteiger partial charge in [0.25, 0.3) is 0 Å². The Bertz CT molecular complexity index is 679. The normalized spacial score (nSPS) is 12.8. The second kappa shape index (κ2) is 4.34. The molecule has 18 heavy (non-hydrogen) atoms. The highest BCUT2D eigenvalue weighted by Crippen LogP contribution is 2.20. The lowest BCUT2D eigenvalue weighted by Gasteiger charge is -2.11. The molecule has 0 aliphatic carbocycles. The van der Waals surface area contributed by atoms with Gasteiger partial charge in [-0.1, -0.05) is 17.7 Å². The number of nitrogens with zero attached hydrogens (tertiary/aromatic N) is 5. The predicted molar refractivity (Wildman–Crippen MR) is 68.4 cm³/mol. The van der Waals surface area contributed by atoms with E-state index in [1.54, 1.807) is 17.1 Å². The maximum atomic E-state index is 5.87. The van der Waals surface area contributed by atoms with Crippen molar-refractivity contribution in [2.75, 3.05) is 0 Å². The molecule has 0 aromatic carbocycles. The van der Waals surface area contributed by atoms with Crippen LogP contribution in [0.15, 0.2) is 36.8 Å². The number of hydrogen-bond donors (Lipinski definition) is 0. The summed E-state index contributed by atoms with van der Waals surface area (Å²) in [5, 5.41) is 4.66. The Labute approximate surface area is 108 Å². The van der Waals surface area contributed by atoms with Gasteiger partial charge in [-0.05, 0) is 19.1 Å². The van der Waals surface area contributed by atoms with Gasteiger partial charge in [-0.25, -0.2) is 14.6 Å². The highest BCUT2D eigenvalue weighted by molar-refractivity contribution is 6.29. The standard InChI is InChI=1S/C12H10ClN5/c1-8(9-4-2-3-5-14-9)18-12-10(6-16-18)15-7-11(13)17-12/h2-8H,1H3. The number of aromatic nitrogens is 5. The van der Waals surface area contributed by atoms with Gasteiger partial charge in [0.05, 0.1) is 24.1 Å². The van der Waals surface area contributed by atoms with Crippen molar-refractivity contribution in [1.82, 2.24) is 24.7 Å². The first-order chi connectivity index (χ1) is 8.75. The van der Waals surface area contributed by atoms with E-state index in [-0.39, 0.29) is 6.04 Å². The van der Waals surface area contributed by atoms with Gasteiger partial charge in [0.2, 0.25) is 0 Å². The first-order valence-electron chi connectivity index (χ1n) is 5.52. The van der Waals surface area contributed by atoms with E-state index >= 15 is 0 Å². The topological polar surface area (TPSA) is 56.5 Å². The average Bonchev–Trinajstić information content (AvgIpc) is 2.82. The molecule has 1 atom stereocenters. The van der Waals surface area contributed by atoms with Crippen molar-refractivity contribution in [2.24, 2.45) is 0 Å². The van der Waals surface area contributed by atoms with Crippen LogP contribution in [0.2, 0.25) is 5.15 Å². The van der Waals surface area contributed by atoms with Gasteiger partial charge >= 0.3 is 0 Å². The summed E-state index contributed by atoms with van der Waals surface area (Å²) in [6.07, 6.45) is 4.95. The van der Waals surface area contributed by atoms with E-state index in [0.717, 1.165) is 11.2 Å². The summed E-state index contributed by atoms with van der Waals surface area (Å²) in [5.74, 6) is 0. The fourth-order valence-corrected chi connectivity index (χ4v) is 1.96. The number of halogens is 1. The van der Waals surface area contributed by atoms with Crippen LogP contribution in [0.25, 0.3) is 11.2 Å². The smallest absolute Gasteiger partial charge is 0.178 e. The highest BCUT2D eigenvalue weighted by Gasteiger charge is 2.14. The Morgan fingerprint density at radius 1 is 1.22 bits per heavy atom. The maximum absolute atomic E-state index is 5.87. The molecule has 6 heteroatoms. The van der Waals surface area contributed by atoms with Crippen LogP contribution in [-0.4, -0.2) is 24.7 Å². The molecule has 1 unspecified atom stereocenters. The van der Waals surface area contributed by atoms with Crippen LogP contribution in [0.1, 0.15) is 18.7 Å². The molecule has 3 heterocycles. The molecule has 0 saturated carbocycles. The minimum atomic E-state index is -0.0172. The Morgan fingerprint density at radius 2 is 2.11 bits per heavy atom. The first-order valence-corrected chi connectivity index (χ1v) is 5.90. The molecule has 3 aromatic rings. The molecular weight excluding hydrogens is 250 g/mol. The third-order valence-corrected chi connectivity index (χ3v) is 2.94. The molecule has 0 spiro atoms. The molecule has 5 nitrogen and oxygen atoms in total. The zero-order valence-electron chi connectivity index (χ0n) is 9.66. The first kappa shape index (κ1) is 11.1. The molecule has 0 radical (unpaired) electrons. The van der Waals surface area contributed by atoms with Crippen LogP contribution in [0.3, 0.4) is 0 Å². The molecule has 90 valence electrons. The molecule has 3 aromatic heterocycles. The van der Waals surface area contributed by atoms with Gasteiger partial charge in [0, 0.05) is 6.20 Å². The fraction of sp³-hybridized carbons (Fsp3) is 0.167. The molecule has 0 amide bonds. The second-order valence-corrected chi connectivity index (χ2v) is 4.31. The maximum Gasteiger partial charge on any atom is 0.178 e. The van der Waals surface area contributed by atoms with Gasteiger partial charge in [-0.3, -0.25) is 4.98 Å². The molecular formula is C12H10ClN5. The predicted octanol–water partition coefficient (Wildman–Crippen LogP) is 2.48. The summed E-state index contributed by atoms with van der Waals surface area (Å²) in [4.78, 5) is 12.8. The summed E-state index contributed by atoms with van der Waals surface area (Å²) >= 11 is 5.87. The van der Waals surface area contributed by atoms with Crippen molar-refractivity contribution >= 4 is 22.8 Å². The fourth-order valence-electron chi connectivity index (χ4n) is 1.83. The summed E-state index contributed by atoms with van der Waals surface area (Å²) in [6, 6.07) is 5.77. The van der Waals surface area contributed by atoms with Gasteiger partial charge in [-0.15, -0.1) is 0 Å². The Balaban J connectivity index is 2.12. The molecule has 0 fully saturated rings. The lowest BCUT2D eigenvalue weighted by molar-refractivity contribution is 0.565. The van der Waals surface area contributed by atoms with Crippen molar-refractivity contribution in [3.05, 3.63) is 47.6 Å². The Morgan fingerprint density at radius 3 is 2.89 bits per heavy atom. The molecule has 0 N–H and O–H groups in total. The van der Waals surface area contributed by atoms with Crippen LogP contribution in [0, 0.1) is 0 Å². The van der Waals surface area contributed by atoms with Crippen molar-refractivity contribution in [3.8, 4) is 0 Å².